The summed E-state index contributed by atoms with van der Waals surface area (Å²) < 4.78 is 23.2. The van der Waals surface area contributed by atoms with Crippen molar-refractivity contribution >= 4 is 0 Å². The Hall–Kier alpha value is -1.76. The summed E-state index contributed by atoms with van der Waals surface area (Å²) in [6, 6.07) is 5.19. The third-order valence-electron chi connectivity index (χ3n) is 2.03. The monoisotopic (exact) mass is 209 g/mol. The Morgan fingerprint density at radius 2 is 1.80 bits per heavy atom. The molecule has 0 N–H and O–H groups in total. The van der Waals surface area contributed by atoms with Crippen LogP contribution in [0.3, 0.4) is 0 Å². The van der Waals surface area contributed by atoms with E-state index in [0.717, 1.165) is 5.56 Å². The summed E-state index contributed by atoms with van der Waals surface area (Å²) in [5.41, 5.74) is 0.826. The number of rotatable bonds is 4. The molecular formula is C11H12FNO2. The molecule has 0 amide bonds. The van der Waals surface area contributed by atoms with Gasteiger partial charge in [0.15, 0.2) is 11.5 Å². The maximum atomic E-state index is 13.5. The van der Waals surface area contributed by atoms with Crippen molar-refractivity contribution in [1.29, 1.82) is 5.26 Å². The normalized spacial score (nSPS) is 9.47. The molecule has 80 valence electrons. The van der Waals surface area contributed by atoms with E-state index in [4.69, 9.17) is 14.7 Å². The lowest BCUT2D eigenvalue weighted by Crippen LogP contribution is -1.96. The maximum absolute atomic E-state index is 13.5. The Labute approximate surface area is 88.0 Å². The second-order valence-corrected chi connectivity index (χ2v) is 2.97. The first-order valence-electron chi connectivity index (χ1n) is 4.50. The average Bonchev–Trinajstić information content (AvgIpc) is 2.27. The van der Waals surface area contributed by atoms with Crippen molar-refractivity contribution in [2.45, 2.75) is 12.8 Å². The standard InChI is InChI=1S/C11H12FNO2/c1-14-9-6-8(4-3-5-13)7-10(15-2)11(9)12/h6-7H,3-4H2,1-2H3. The topological polar surface area (TPSA) is 42.2 Å². The minimum atomic E-state index is -0.513. The molecule has 0 spiro atoms. The van der Waals surface area contributed by atoms with Gasteiger partial charge in [0.05, 0.1) is 20.3 Å². The molecule has 1 aromatic rings. The molecule has 0 aliphatic rings. The van der Waals surface area contributed by atoms with Gasteiger partial charge in [0.1, 0.15) is 0 Å². The van der Waals surface area contributed by atoms with E-state index in [1.165, 1.54) is 14.2 Å². The van der Waals surface area contributed by atoms with Crippen molar-refractivity contribution in [1.82, 2.24) is 0 Å². The fourth-order valence-electron chi connectivity index (χ4n) is 1.27. The van der Waals surface area contributed by atoms with Crippen LogP contribution in [0.5, 0.6) is 11.5 Å². The lowest BCUT2D eigenvalue weighted by atomic mass is 10.1. The lowest BCUT2D eigenvalue weighted by Gasteiger charge is -2.09. The van der Waals surface area contributed by atoms with E-state index >= 15 is 0 Å². The van der Waals surface area contributed by atoms with Gasteiger partial charge in [-0.15, -0.1) is 0 Å². The summed E-state index contributed by atoms with van der Waals surface area (Å²) in [5, 5.41) is 8.45. The number of nitriles is 1. The number of halogens is 1. The van der Waals surface area contributed by atoms with Gasteiger partial charge in [0, 0.05) is 6.42 Å². The number of methoxy groups -OCH3 is 2. The first-order chi connectivity index (χ1) is 7.22. The van der Waals surface area contributed by atoms with Crippen LogP contribution in [-0.2, 0) is 6.42 Å². The van der Waals surface area contributed by atoms with E-state index in [1.54, 1.807) is 12.1 Å². The quantitative estimate of drug-likeness (QED) is 0.764. The van der Waals surface area contributed by atoms with E-state index in [1.807, 2.05) is 6.07 Å². The zero-order valence-electron chi connectivity index (χ0n) is 8.71. The van der Waals surface area contributed by atoms with E-state index in [9.17, 15) is 4.39 Å². The Bertz CT molecular complexity index is 360. The van der Waals surface area contributed by atoms with E-state index in [0.29, 0.717) is 12.8 Å². The number of hydrogen-bond donors (Lipinski definition) is 0. The molecule has 0 atom stereocenters. The summed E-state index contributed by atoms with van der Waals surface area (Å²) >= 11 is 0. The van der Waals surface area contributed by atoms with Gasteiger partial charge < -0.3 is 9.47 Å². The highest BCUT2D eigenvalue weighted by atomic mass is 19.1. The van der Waals surface area contributed by atoms with Crippen LogP contribution in [0.2, 0.25) is 0 Å². The maximum Gasteiger partial charge on any atom is 0.206 e. The van der Waals surface area contributed by atoms with Crippen LogP contribution >= 0.6 is 0 Å². The van der Waals surface area contributed by atoms with E-state index in [-0.39, 0.29) is 11.5 Å². The molecule has 0 saturated heterocycles. The van der Waals surface area contributed by atoms with Crippen LogP contribution in [0.15, 0.2) is 12.1 Å². The molecule has 3 nitrogen and oxygen atoms in total. The van der Waals surface area contributed by atoms with Gasteiger partial charge in [-0.2, -0.15) is 9.65 Å². The van der Waals surface area contributed by atoms with Crippen LogP contribution in [-0.4, -0.2) is 14.2 Å². The van der Waals surface area contributed by atoms with Crippen LogP contribution in [0.4, 0.5) is 4.39 Å². The molecule has 0 saturated carbocycles. The van der Waals surface area contributed by atoms with Gasteiger partial charge in [-0.3, -0.25) is 0 Å². The number of hydrogen-bond acceptors (Lipinski definition) is 3. The lowest BCUT2D eigenvalue weighted by molar-refractivity contribution is 0.349. The third-order valence-corrected chi connectivity index (χ3v) is 2.03. The van der Waals surface area contributed by atoms with Crippen molar-refractivity contribution in [2.75, 3.05) is 14.2 Å². The Morgan fingerprint density at radius 1 is 1.27 bits per heavy atom. The Kier molecular flexibility index (Phi) is 3.92. The van der Waals surface area contributed by atoms with Crippen molar-refractivity contribution < 1.29 is 13.9 Å². The minimum absolute atomic E-state index is 0.141. The molecule has 0 aliphatic carbocycles. The summed E-state index contributed by atoms with van der Waals surface area (Å²) in [7, 11) is 2.79. The van der Waals surface area contributed by atoms with Gasteiger partial charge in [-0.1, -0.05) is 0 Å². The van der Waals surface area contributed by atoms with E-state index in [2.05, 4.69) is 0 Å². The largest absolute Gasteiger partial charge is 0.494 e. The second kappa shape index (κ2) is 5.20. The first-order valence-corrected chi connectivity index (χ1v) is 4.50. The molecule has 0 aliphatic heterocycles. The number of ether oxygens (including phenoxy) is 2. The molecular weight excluding hydrogens is 197 g/mol. The molecule has 0 bridgehead atoms. The minimum Gasteiger partial charge on any atom is -0.494 e. The molecule has 15 heavy (non-hydrogen) atoms. The number of aryl methyl sites for hydroxylation is 1. The van der Waals surface area contributed by atoms with Crippen molar-refractivity contribution in [3.05, 3.63) is 23.5 Å². The van der Waals surface area contributed by atoms with Gasteiger partial charge >= 0.3 is 0 Å². The Balaban J connectivity index is 3.04. The summed E-state index contributed by atoms with van der Waals surface area (Å²) in [5.74, 6) is -0.231. The summed E-state index contributed by atoms with van der Waals surface area (Å²) in [4.78, 5) is 0. The van der Waals surface area contributed by atoms with Crippen LogP contribution in [0.1, 0.15) is 12.0 Å². The molecule has 0 unspecified atom stereocenters. The second-order valence-electron chi connectivity index (χ2n) is 2.97. The van der Waals surface area contributed by atoms with Gasteiger partial charge in [-0.25, -0.2) is 0 Å². The van der Waals surface area contributed by atoms with Crippen LogP contribution in [0, 0.1) is 17.1 Å². The summed E-state index contributed by atoms with van der Waals surface area (Å²) in [6.45, 7) is 0. The molecule has 0 heterocycles. The smallest absolute Gasteiger partial charge is 0.206 e. The van der Waals surface area contributed by atoms with E-state index < -0.39 is 5.82 Å². The zero-order chi connectivity index (χ0) is 11.3. The number of benzene rings is 1. The summed E-state index contributed by atoms with van der Waals surface area (Å²) in [6.07, 6.45) is 0.946. The first kappa shape index (κ1) is 11.3. The fourth-order valence-corrected chi connectivity index (χ4v) is 1.27. The number of nitrogens with zero attached hydrogens (tertiary/aromatic N) is 1. The SMILES string of the molecule is COc1cc(CCC#N)cc(OC)c1F. The molecule has 1 rings (SSSR count). The molecule has 0 radical (unpaired) electrons. The molecule has 0 fully saturated rings. The highest BCUT2D eigenvalue weighted by Gasteiger charge is 2.11. The molecule has 0 aromatic heterocycles. The van der Waals surface area contributed by atoms with Crippen molar-refractivity contribution in [3.8, 4) is 17.6 Å². The van der Waals surface area contributed by atoms with Crippen molar-refractivity contribution in [3.63, 3.8) is 0 Å². The van der Waals surface area contributed by atoms with Crippen molar-refractivity contribution in [2.24, 2.45) is 0 Å². The fraction of sp³-hybridized carbons (Fsp3) is 0.364. The molecule has 1 aromatic carbocycles. The third kappa shape index (κ3) is 2.59. The van der Waals surface area contributed by atoms with Gasteiger partial charge in [0.25, 0.3) is 0 Å². The average molecular weight is 209 g/mol. The highest BCUT2D eigenvalue weighted by molar-refractivity contribution is 5.40. The van der Waals surface area contributed by atoms with Gasteiger partial charge in [0.2, 0.25) is 5.82 Å². The Morgan fingerprint density at radius 3 is 2.20 bits per heavy atom. The van der Waals surface area contributed by atoms with Gasteiger partial charge in [-0.05, 0) is 24.1 Å². The highest BCUT2D eigenvalue weighted by Crippen LogP contribution is 2.28. The molecule has 4 heteroatoms. The van der Waals surface area contributed by atoms with Crippen LogP contribution < -0.4 is 9.47 Å². The van der Waals surface area contributed by atoms with Crippen LogP contribution in [0.25, 0.3) is 0 Å². The predicted octanol–water partition coefficient (Wildman–Crippen LogP) is 2.30. The predicted molar refractivity (Wildman–Crippen MR) is 53.4 cm³/mol. The zero-order valence-corrected chi connectivity index (χ0v) is 8.71.